The molecule has 3 atom stereocenters. The minimum absolute atomic E-state index is 0.553. The molecular formula is C16H32N2. The van der Waals surface area contributed by atoms with Gasteiger partial charge in [0.1, 0.15) is 0 Å². The van der Waals surface area contributed by atoms with Crippen LogP contribution in [-0.2, 0) is 0 Å². The third kappa shape index (κ3) is 3.48. The van der Waals surface area contributed by atoms with E-state index in [4.69, 9.17) is 0 Å². The third-order valence-corrected chi connectivity index (χ3v) is 5.04. The fourth-order valence-electron chi connectivity index (χ4n) is 4.21. The molecule has 0 bridgehead atoms. The molecule has 0 amide bonds. The van der Waals surface area contributed by atoms with Gasteiger partial charge in [-0.3, -0.25) is 4.90 Å². The molecule has 18 heavy (non-hydrogen) atoms. The zero-order chi connectivity index (χ0) is 13.2. The summed E-state index contributed by atoms with van der Waals surface area (Å²) in [5.41, 5.74) is 0.553. The van der Waals surface area contributed by atoms with Crippen molar-refractivity contribution in [3.63, 3.8) is 0 Å². The van der Waals surface area contributed by atoms with E-state index in [1.54, 1.807) is 0 Å². The van der Waals surface area contributed by atoms with E-state index >= 15 is 0 Å². The van der Waals surface area contributed by atoms with Crippen molar-refractivity contribution in [1.82, 2.24) is 10.2 Å². The van der Waals surface area contributed by atoms with Gasteiger partial charge < -0.3 is 5.32 Å². The average molecular weight is 252 g/mol. The number of nitrogens with zero attached hydrogens (tertiary/aromatic N) is 1. The highest BCUT2D eigenvalue weighted by Gasteiger charge is 2.39. The van der Waals surface area contributed by atoms with E-state index in [0.717, 1.165) is 18.0 Å². The summed E-state index contributed by atoms with van der Waals surface area (Å²) in [5, 5.41) is 3.70. The Balaban J connectivity index is 1.91. The normalized spacial score (nSPS) is 36.2. The molecule has 0 aromatic heterocycles. The lowest BCUT2D eigenvalue weighted by Crippen LogP contribution is -2.48. The molecule has 1 aliphatic heterocycles. The van der Waals surface area contributed by atoms with E-state index in [0.29, 0.717) is 5.41 Å². The van der Waals surface area contributed by atoms with Crippen LogP contribution in [0.4, 0.5) is 0 Å². The summed E-state index contributed by atoms with van der Waals surface area (Å²) in [6.45, 7) is 13.4. The van der Waals surface area contributed by atoms with E-state index in [1.807, 2.05) is 0 Å². The lowest BCUT2D eigenvalue weighted by molar-refractivity contribution is 0.145. The Morgan fingerprint density at radius 1 is 1.22 bits per heavy atom. The number of piperidine rings is 1. The van der Waals surface area contributed by atoms with Crippen molar-refractivity contribution in [2.75, 3.05) is 19.6 Å². The zero-order valence-electron chi connectivity index (χ0n) is 12.8. The van der Waals surface area contributed by atoms with E-state index in [9.17, 15) is 0 Å². The lowest BCUT2D eigenvalue weighted by atomic mass is 9.91. The quantitative estimate of drug-likeness (QED) is 0.826. The Labute approximate surface area is 114 Å². The highest BCUT2D eigenvalue weighted by Crippen LogP contribution is 2.43. The predicted octanol–water partition coefficient (Wildman–Crippen LogP) is 3.28. The standard InChI is InChI=1S/C16H32N2/c1-5-18(12-14-8-6-7-9-17-14)15-11-16(3,4)10-13(15)2/h13-15,17H,5-12H2,1-4H3. The van der Waals surface area contributed by atoms with E-state index in [-0.39, 0.29) is 0 Å². The summed E-state index contributed by atoms with van der Waals surface area (Å²) in [5.74, 6) is 0.864. The second-order valence-electron chi connectivity index (χ2n) is 7.35. The molecule has 0 aromatic carbocycles. The van der Waals surface area contributed by atoms with Crippen LogP contribution >= 0.6 is 0 Å². The van der Waals surface area contributed by atoms with E-state index in [2.05, 4.69) is 37.9 Å². The molecule has 2 rings (SSSR count). The van der Waals surface area contributed by atoms with Crippen LogP contribution in [0.1, 0.15) is 59.8 Å². The maximum absolute atomic E-state index is 3.70. The molecule has 2 heteroatoms. The van der Waals surface area contributed by atoms with Crippen molar-refractivity contribution in [1.29, 1.82) is 0 Å². The maximum Gasteiger partial charge on any atom is 0.0195 e. The Morgan fingerprint density at radius 3 is 2.50 bits per heavy atom. The smallest absolute Gasteiger partial charge is 0.0195 e. The second kappa shape index (κ2) is 5.92. The molecule has 106 valence electrons. The van der Waals surface area contributed by atoms with E-state index in [1.165, 1.54) is 51.7 Å². The molecule has 2 nitrogen and oxygen atoms in total. The average Bonchev–Trinajstić information content (AvgIpc) is 2.61. The van der Waals surface area contributed by atoms with Crippen molar-refractivity contribution in [2.24, 2.45) is 11.3 Å². The van der Waals surface area contributed by atoms with Gasteiger partial charge in [-0.15, -0.1) is 0 Å². The van der Waals surface area contributed by atoms with Gasteiger partial charge in [-0.05, 0) is 50.1 Å². The van der Waals surface area contributed by atoms with Crippen molar-refractivity contribution in [3.05, 3.63) is 0 Å². The topological polar surface area (TPSA) is 15.3 Å². The summed E-state index contributed by atoms with van der Waals surface area (Å²) in [6, 6.07) is 1.56. The molecule has 1 aliphatic carbocycles. The minimum atomic E-state index is 0.553. The first-order valence-electron chi connectivity index (χ1n) is 7.99. The Kier molecular flexibility index (Phi) is 4.71. The van der Waals surface area contributed by atoms with Gasteiger partial charge in [-0.2, -0.15) is 0 Å². The molecule has 0 radical (unpaired) electrons. The summed E-state index contributed by atoms with van der Waals surface area (Å²) >= 11 is 0. The maximum atomic E-state index is 3.70. The molecule has 1 heterocycles. The van der Waals surface area contributed by atoms with Gasteiger partial charge in [-0.25, -0.2) is 0 Å². The molecular weight excluding hydrogens is 220 g/mol. The number of hydrogen-bond donors (Lipinski definition) is 1. The minimum Gasteiger partial charge on any atom is -0.313 e. The summed E-state index contributed by atoms with van der Waals surface area (Å²) in [4.78, 5) is 2.75. The fraction of sp³-hybridized carbons (Fsp3) is 1.00. The van der Waals surface area contributed by atoms with Crippen molar-refractivity contribution >= 4 is 0 Å². The molecule has 0 spiro atoms. The Bertz CT molecular complexity index is 256. The molecule has 0 aromatic rings. The van der Waals surface area contributed by atoms with Crippen LogP contribution in [0.25, 0.3) is 0 Å². The third-order valence-electron chi connectivity index (χ3n) is 5.04. The van der Waals surface area contributed by atoms with Crippen molar-refractivity contribution in [2.45, 2.75) is 71.9 Å². The van der Waals surface area contributed by atoms with Crippen molar-refractivity contribution in [3.8, 4) is 0 Å². The van der Waals surface area contributed by atoms with Crippen LogP contribution < -0.4 is 5.32 Å². The van der Waals surface area contributed by atoms with Gasteiger partial charge in [0.05, 0.1) is 0 Å². The summed E-state index contributed by atoms with van der Waals surface area (Å²) in [6.07, 6.45) is 6.94. The zero-order valence-corrected chi connectivity index (χ0v) is 12.8. The van der Waals surface area contributed by atoms with Crippen LogP contribution in [0.3, 0.4) is 0 Å². The first-order chi connectivity index (χ1) is 8.52. The van der Waals surface area contributed by atoms with Crippen LogP contribution in [-0.4, -0.2) is 36.6 Å². The number of rotatable bonds is 4. The SMILES string of the molecule is CCN(CC1CCCCN1)C1CC(C)(C)CC1C. The highest BCUT2D eigenvalue weighted by atomic mass is 15.2. The van der Waals surface area contributed by atoms with Crippen LogP contribution in [0.15, 0.2) is 0 Å². The summed E-state index contributed by atoms with van der Waals surface area (Å²) in [7, 11) is 0. The predicted molar refractivity (Wildman–Crippen MR) is 78.9 cm³/mol. The van der Waals surface area contributed by atoms with Gasteiger partial charge in [0.25, 0.3) is 0 Å². The number of likely N-dealkylation sites (N-methyl/N-ethyl adjacent to an activating group) is 1. The first-order valence-corrected chi connectivity index (χ1v) is 7.99. The summed E-state index contributed by atoms with van der Waals surface area (Å²) < 4.78 is 0. The van der Waals surface area contributed by atoms with Gasteiger partial charge in [0, 0.05) is 18.6 Å². The molecule has 1 saturated heterocycles. The van der Waals surface area contributed by atoms with Gasteiger partial charge in [-0.1, -0.05) is 34.1 Å². The molecule has 1 saturated carbocycles. The monoisotopic (exact) mass is 252 g/mol. The van der Waals surface area contributed by atoms with E-state index < -0.39 is 0 Å². The fourth-order valence-corrected chi connectivity index (χ4v) is 4.21. The Morgan fingerprint density at radius 2 is 2.00 bits per heavy atom. The van der Waals surface area contributed by atoms with Gasteiger partial charge in [0.15, 0.2) is 0 Å². The molecule has 1 N–H and O–H groups in total. The number of nitrogens with one attached hydrogen (secondary N) is 1. The van der Waals surface area contributed by atoms with Crippen molar-refractivity contribution < 1.29 is 0 Å². The largest absolute Gasteiger partial charge is 0.313 e. The Hall–Kier alpha value is -0.0800. The van der Waals surface area contributed by atoms with Crippen LogP contribution in [0, 0.1) is 11.3 Å². The van der Waals surface area contributed by atoms with Gasteiger partial charge >= 0.3 is 0 Å². The molecule has 3 unspecified atom stereocenters. The first kappa shape index (κ1) is 14.3. The van der Waals surface area contributed by atoms with Gasteiger partial charge in [0.2, 0.25) is 0 Å². The lowest BCUT2D eigenvalue weighted by Gasteiger charge is -2.36. The van der Waals surface area contributed by atoms with Crippen LogP contribution in [0.5, 0.6) is 0 Å². The number of hydrogen-bond acceptors (Lipinski definition) is 2. The highest BCUT2D eigenvalue weighted by molar-refractivity contribution is 4.93. The second-order valence-corrected chi connectivity index (χ2v) is 7.35. The van der Waals surface area contributed by atoms with Crippen LogP contribution in [0.2, 0.25) is 0 Å². The molecule has 2 aliphatic rings. The molecule has 2 fully saturated rings.